The van der Waals surface area contributed by atoms with Crippen molar-refractivity contribution in [2.24, 2.45) is 5.92 Å². The summed E-state index contributed by atoms with van der Waals surface area (Å²) in [7, 11) is 0. The van der Waals surface area contributed by atoms with Gasteiger partial charge in [-0.25, -0.2) is 9.97 Å². The lowest BCUT2D eigenvalue weighted by Crippen LogP contribution is -2.35. The van der Waals surface area contributed by atoms with E-state index in [0.717, 1.165) is 53.4 Å². The first kappa shape index (κ1) is 20.9. The zero-order valence-corrected chi connectivity index (χ0v) is 20.0. The van der Waals surface area contributed by atoms with Crippen molar-refractivity contribution in [3.05, 3.63) is 62.6 Å². The number of fused-ring (bicyclic) bond motifs is 1. The predicted octanol–water partition coefficient (Wildman–Crippen LogP) is 5.59. The standard InChI is InChI=1S/C22H22BrClN6S/c23-17-13-27-30-20(11-19(28-22(17)30)16-3-1-2-4-18(16)24)26-12-15-5-8-29(9-6-15)14-21-25-7-10-31-21/h1-4,7,10-11,13,15,26H,5-6,8-9,12,14H2. The van der Waals surface area contributed by atoms with Crippen LogP contribution in [0.4, 0.5) is 5.82 Å². The molecule has 4 heterocycles. The van der Waals surface area contributed by atoms with E-state index in [1.165, 1.54) is 17.8 Å². The number of nitrogens with zero attached hydrogens (tertiary/aromatic N) is 5. The highest BCUT2D eigenvalue weighted by Gasteiger charge is 2.21. The zero-order chi connectivity index (χ0) is 21.2. The van der Waals surface area contributed by atoms with Gasteiger partial charge in [0.05, 0.1) is 22.9 Å². The number of anilines is 1. The lowest BCUT2D eigenvalue weighted by atomic mass is 9.97. The molecule has 0 atom stereocenters. The van der Waals surface area contributed by atoms with Gasteiger partial charge < -0.3 is 5.32 Å². The number of nitrogens with one attached hydrogen (secondary N) is 1. The number of hydrogen-bond acceptors (Lipinski definition) is 6. The first-order valence-corrected chi connectivity index (χ1v) is 12.4. The SMILES string of the molecule is Clc1ccccc1-c1cc(NCC2CCN(Cc3nccs3)CC2)n2ncc(Br)c2n1. The molecule has 9 heteroatoms. The highest BCUT2D eigenvalue weighted by Crippen LogP contribution is 2.30. The highest BCUT2D eigenvalue weighted by atomic mass is 79.9. The Kier molecular flexibility index (Phi) is 6.22. The van der Waals surface area contributed by atoms with Crippen LogP contribution in [0.2, 0.25) is 5.02 Å². The molecule has 1 N–H and O–H groups in total. The minimum Gasteiger partial charge on any atom is -0.370 e. The molecule has 1 aliphatic heterocycles. The molecule has 4 aromatic rings. The van der Waals surface area contributed by atoms with Gasteiger partial charge in [0.15, 0.2) is 5.65 Å². The Morgan fingerprint density at radius 3 is 2.84 bits per heavy atom. The van der Waals surface area contributed by atoms with Crippen molar-refractivity contribution in [3.63, 3.8) is 0 Å². The van der Waals surface area contributed by atoms with E-state index in [9.17, 15) is 0 Å². The Labute approximate surface area is 198 Å². The lowest BCUT2D eigenvalue weighted by molar-refractivity contribution is 0.182. The first-order valence-electron chi connectivity index (χ1n) is 10.3. The van der Waals surface area contributed by atoms with Crippen LogP contribution in [0.25, 0.3) is 16.9 Å². The van der Waals surface area contributed by atoms with Crippen LogP contribution in [0, 0.1) is 5.92 Å². The summed E-state index contributed by atoms with van der Waals surface area (Å²) in [6.07, 6.45) is 6.01. The second-order valence-corrected chi connectivity index (χ2v) is 10.0. The van der Waals surface area contributed by atoms with E-state index in [2.05, 4.69) is 36.2 Å². The summed E-state index contributed by atoms with van der Waals surface area (Å²) < 4.78 is 2.71. The molecule has 3 aromatic heterocycles. The number of benzene rings is 1. The minimum absolute atomic E-state index is 0.624. The van der Waals surface area contributed by atoms with Gasteiger partial charge >= 0.3 is 0 Å². The van der Waals surface area contributed by atoms with E-state index in [-0.39, 0.29) is 0 Å². The maximum atomic E-state index is 6.44. The van der Waals surface area contributed by atoms with Crippen molar-refractivity contribution in [2.45, 2.75) is 19.4 Å². The van der Waals surface area contributed by atoms with E-state index in [1.54, 1.807) is 17.5 Å². The van der Waals surface area contributed by atoms with Gasteiger partial charge in [-0.2, -0.15) is 9.61 Å². The second kappa shape index (κ2) is 9.24. The molecule has 1 fully saturated rings. The Bertz CT molecular complexity index is 1170. The molecule has 1 aliphatic rings. The molecule has 1 aromatic carbocycles. The smallest absolute Gasteiger partial charge is 0.172 e. The van der Waals surface area contributed by atoms with Crippen molar-refractivity contribution < 1.29 is 0 Å². The lowest BCUT2D eigenvalue weighted by Gasteiger charge is -2.31. The third-order valence-electron chi connectivity index (χ3n) is 5.70. The Morgan fingerprint density at radius 1 is 1.23 bits per heavy atom. The molecule has 0 radical (unpaired) electrons. The van der Waals surface area contributed by atoms with Crippen molar-refractivity contribution in [2.75, 3.05) is 25.0 Å². The second-order valence-electron chi connectivity index (χ2n) is 7.76. The Balaban J connectivity index is 1.30. The van der Waals surface area contributed by atoms with Crippen LogP contribution in [0.5, 0.6) is 0 Å². The molecular weight excluding hydrogens is 496 g/mol. The van der Waals surface area contributed by atoms with Crippen LogP contribution < -0.4 is 5.32 Å². The van der Waals surface area contributed by atoms with Crippen LogP contribution in [0.1, 0.15) is 17.8 Å². The summed E-state index contributed by atoms with van der Waals surface area (Å²) in [4.78, 5) is 11.7. The van der Waals surface area contributed by atoms with E-state index in [4.69, 9.17) is 16.6 Å². The number of likely N-dealkylation sites (tertiary alicyclic amines) is 1. The fourth-order valence-electron chi connectivity index (χ4n) is 3.99. The van der Waals surface area contributed by atoms with E-state index < -0.39 is 0 Å². The molecule has 0 saturated carbocycles. The summed E-state index contributed by atoms with van der Waals surface area (Å²) in [6.45, 7) is 4.08. The van der Waals surface area contributed by atoms with Crippen LogP contribution in [0.15, 0.2) is 52.6 Å². The third kappa shape index (κ3) is 4.62. The summed E-state index contributed by atoms with van der Waals surface area (Å²) in [6, 6.07) is 9.82. The largest absolute Gasteiger partial charge is 0.370 e. The number of aromatic nitrogens is 4. The molecule has 0 aliphatic carbocycles. The maximum absolute atomic E-state index is 6.44. The van der Waals surface area contributed by atoms with Gasteiger partial charge in [0, 0.05) is 34.8 Å². The van der Waals surface area contributed by atoms with Gasteiger partial charge in [0.25, 0.3) is 0 Å². The van der Waals surface area contributed by atoms with E-state index >= 15 is 0 Å². The highest BCUT2D eigenvalue weighted by molar-refractivity contribution is 9.10. The van der Waals surface area contributed by atoms with Crippen molar-refractivity contribution in [1.82, 2.24) is 24.5 Å². The fourth-order valence-corrected chi connectivity index (χ4v) is 5.23. The normalized spacial score (nSPS) is 15.5. The molecule has 160 valence electrons. The molecule has 5 rings (SSSR count). The summed E-state index contributed by atoms with van der Waals surface area (Å²) >= 11 is 11.7. The molecule has 0 unspecified atom stereocenters. The molecule has 1 saturated heterocycles. The molecule has 6 nitrogen and oxygen atoms in total. The Hall–Kier alpha value is -2.00. The quantitative estimate of drug-likeness (QED) is 0.361. The van der Waals surface area contributed by atoms with Gasteiger partial charge in [-0.15, -0.1) is 11.3 Å². The molecule has 0 spiro atoms. The van der Waals surface area contributed by atoms with E-state index in [1.807, 2.05) is 46.4 Å². The molecule has 31 heavy (non-hydrogen) atoms. The van der Waals surface area contributed by atoms with Crippen molar-refractivity contribution in [1.29, 1.82) is 0 Å². The molecular formula is C22H22BrClN6S. The van der Waals surface area contributed by atoms with Crippen LogP contribution in [-0.4, -0.2) is 44.1 Å². The number of piperidine rings is 1. The third-order valence-corrected chi connectivity index (χ3v) is 7.35. The molecule has 0 bridgehead atoms. The average Bonchev–Trinajstić information content (AvgIpc) is 3.43. The summed E-state index contributed by atoms with van der Waals surface area (Å²) in [5.41, 5.74) is 2.52. The van der Waals surface area contributed by atoms with Gasteiger partial charge in [0.2, 0.25) is 0 Å². The maximum Gasteiger partial charge on any atom is 0.172 e. The van der Waals surface area contributed by atoms with Gasteiger partial charge in [-0.3, -0.25) is 4.90 Å². The topological polar surface area (TPSA) is 58.4 Å². The van der Waals surface area contributed by atoms with Crippen LogP contribution >= 0.6 is 38.9 Å². The number of rotatable bonds is 6. The first-order chi connectivity index (χ1) is 15.2. The summed E-state index contributed by atoms with van der Waals surface area (Å²) in [5, 5.41) is 12.1. The minimum atomic E-state index is 0.624. The number of hydrogen-bond donors (Lipinski definition) is 1. The zero-order valence-electron chi connectivity index (χ0n) is 16.8. The fraction of sp³-hybridized carbons (Fsp3) is 0.318. The number of halogens is 2. The van der Waals surface area contributed by atoms with E-state index in [0.29, 0.717) is 10.9 Å². The van der Waals surface area contributed by atoms with Crippen LogP contribution in [0.3, 0.4) is 0 Å². The summed E-state index contributed by atoms with van der Waals surface area (Å²) in [5.74, 6) is 1.55. The monoisotopic (exact) mass is 516 g/mol. The van der Waals surface area contributed by atoms with Crippen molar-refractivity contribution >= 4 is 50.3 Å². The average molecular weight is 518 g/mol. The van der Waals surface area contributed by atoms with Crippen LogP contribution in [-0.2, 0) is 6.54 Å². The Morgan fingerprint density at radius 2 is 2.06 bits per heavy atom. The number of thiazole rings is 1. The van der Waals surface area contributed by atoms with Gasteiger partial charge in [0.1, 0.15) is 10.8 Å². The predicted molar refractivity (Wildman–Crippen MR) is 130 cm³/mol. The van der Waals surface area contributed by atoms with Gasteiger partial charge in [-0.1, -0.05) is 29.8 Å². The van der Waals surface area contributed by atoms with Gasteiger partial charge in [-0.05, 0) is 53.8 Å². The van der Waals surface area contributed by atoms with Crippen molar-refractivity contribution in [3.8, 4) is 11.3 Å². The molecule has 0 amide bonds.